The molecule has 0 unspecified atom stereocenters. The average molecular weight is 148 g/mol. The molecule has 0 bridgehead atoms. The fourth-order valence-corrected chi connectivity index (χ4v) is 0.895. The molecule has 0 aliphatic heterocycles. The van der Waals surface area contributed by atoms with Crippen LogP contribution in [0.5, 0.6) is 0 Å². The summed E-state index contributed by atoms with van der Waals surface area (Å²) in [4.78, 5) is 0. The number of rotatable bonds is 1. The largest absolute Gasteiger partial charge is 0.268 e. The molecule has 1 rings (SSSR count). The van der Waals surface area contributed by atoms with Gasteiger partial charge in [-0.1, -0.05) is 18.7 Å². The summed E-state index contributed by atoms with van der Waals surface area (Å²) in [5.74, 6) is 0. The molecule has 1 heterocycles. The molecule has 0 aliphatic carbocycles. The van der Waals surface area contributed by atoms with E-state index in [1.165, 1.54) is 0 Å². The van der Waals surface area contributed by atoms with Gasteiger partial charge < -0.3 is 0 Å². The van der Waals surface area contributed by atoms with Crippen LogP contribution in [-0.2, 0) is 7.05 Å². The first kappa shape index (κ1) is 7.79. The van der Waals surface area contributed by atoms with Gasteiger partial charge in [-0.25, -0.2) is 0 Å². The Balaban J connectivity index is 3.31. The van der Waals surface area contributed by atoms with Crippen LogP contribution in [0.15, 0.2) is 18.3 Å². The summed E-state index contributed by atoms with van der Waals surface area (Å²) < 4.78 is 1.81. The van der Waals surface area contributed by atoms with Gasteiger partial charge in [-0.05, 0) is 13.0 Å². The molecular formula is C9H12N2. The molecule has 0 aliphatic rings. The first-order valence-corrected chi connectivity index (χ1v) is 3.55. The van der Waals surface area contributed by atoms with Crippen molar-refractivity contribution < 1.29 is 0 Å². The van der Waals surface area contributed by atoms with Crippen molar-refractivity contribution in [3.63, 3.8) is 0 Å². The third kappa shape index (κ3) is 1.58. The zero-order valence-electron chi connectivity index (χ0n) is 6.91. The van der Waals surface area contributed by atoms with Gasteiger partial charge in [0.05, 0.1) is 11.5 Å². The molecule has 0 atom stereocenters. The highest BCUT2D eigenvalue weighted by Crippen LogP contribution is 1.70. The van der Waals surface area contributed by atoms with E-state index in [0.29, 0.717) is 0 Å². The van der Waals surface area contributed by atoms with Crippen molar-refractivity contribution in [2.45, 2.75) is 6.92 Å². The highest BCUT2D eigenvalue weighted by Gasteiger charge is 1.86. The van der Waals surface area contributed by atoms with Gasteiger partial charge in [0.25, 0.3) is 0 Å². The molecule has 0 saturated carbocycles. The smallest absolute Gasteiger partial charge is 0.0672 e. The molecule has 1 aromatic rings. The third-order valence-corrected chi connectivity index (χ3v) is 1.51. The third-order valence-electron chi connectivity index (χ3n) is 1.51. The summed E-state index contributed by atoms with van der Waals surface area (Å²) in [6.07, 6.45) is 7.71. The molecule has 0 fully saturated rings. The minimum Gasteiger partial charge on any atom is -0.268 e. The van der Waals surface area contributed by atoms with Crippen molar-refractivity contribution in [3.8, 4) is 0 Å². The Bertz CT molecular complexity index is 357. The van der Waals surface area contributed by atoms with Gasteiger partial charge in [0.15, 0.2) is 0 Å². The van der Waals surface area contributed by atoms with Gasteiger partial charge in [-0.15, -0.1) is 0 Å². The van der Waals surface area contributed by atoms with E-state index in [-0.39, 0.29) is 0 Å². The lowest BCUT2D eigenvalue weighted by Gasteiger charge is -1.85. The van der Waals surface area contributed by atoms with Crippen molar-refractivity contribution >= 4 is 12.7 Å². The van der Waals surface area contributed by atoms with Crippen LogP contribution in [-0.4, -0.2) is 9.78 Å². The second-order valence-corrected chi connectivity index (χ2v) is 2.37. The lowest BCUT2D eigenvalue weighted by molar-refractivity contribution is 0.743. The van der Waals surface area contributed by atoms with E-state index >= 15 is 0 Å². The summed E-state index contributed by atoms with van der Waals surface area (Å²) in [5, 5.41) is 6.08. The number of hydrogen-bond donors (Lipinski definition) is 0. The standard InChI is InChI=1S/C9H12N2/c1-4-5-6-9-8(2)7-10-11(9)3/h4-7H,2H2,1,3H3/b5-4-,9-6+. The lowest BCUT2D eigenvalue weighted by Crippen LogP contribution is -2.25. The fourth-order valence-electron chi connectivity index (χ4n) is 0.895. The minimum absolute atomic E-state index is 0.964. The zero-order valence-corrected chi connectivity index (χ0v) is 6.91. The van der Waals surface area contributed by atoms with E-state index in [0.717, 1.165) is 10.6 Å². The van der Waals surface area contributed by atoms with Crippen LogP contribution in [0.2, 0.25) is 0 Å². The van der Waals surface area contributed by atoms with Crippen LogP contribution in [0.3, 0.4) is 0 Å². The topological polar surface area (TPSA) is 17.8 Å². The summed E-state index contributed by atoms with van der Waals surface area (Å²) in [5.41, 5.74) is 0. The van der Waals surface area contributed by atoms with Crippen LogP contribution < -0.4 is 10.6 Å². The number of aryl methyl sites for hydroxylation is 1. The monoisotopic (exact) mass is 148 g/mol. The molecule has 58 valence electrons. The molecule has 0 aromatic carbocycles. The predicted octanol–water partition coefficient (Wildman–Crippen LogP) is 0.187. The Morgan fingerprint density at radius 1 is 1.64 bits per heavy atom. The first-order valence-electron chi connectivity index (χ1n) is 3.55. The molecule has 0 spiro atoms. The molecule has 1 aromatic heterocycles. The Morgan fingerprint density at radius 3 is 2.82 bits per heavy atom. The van der Waals surface area contributed by atoms with Gasteiger partial charge >= 0.3 is 0 Å². The van der Waals surface area contributed by atoms with Gasteiger partial charge in [0, 0.05) is 12.3 Å². The van der Waals surface area contributed by atoms with Gasteiger partial charge in [-0.2, -0.15) is 5.10 Å². The fraction of sp³-hybridized carbons (Fsp3) is 0.222. The van der Waals surface area contributed by atoms with Gasteiger partial charge in [-0.3, -0.25) is 4.68 Å². The van der Waals surface area contributed by atoms with Crippen molar-refractivity contribution in [2.75, 3.05) is 0 Å². The number of nitrogens with zero attached hydrogens (tertiary/aromatic N) is 2. The van der Waals surface area contributed by atoms with E-state index in [1.54, 1.807) is 6.20 Å². The maximum Gasteiger partial charge on any atom is 0.0672 e. The molecule has 11 heavy (non-hydrogen) atoms. The van der Waals surface area contributed by atoms with Crippen molar-refractivity contribution in [1.29, 1.82) is 0 Å². The normalized spacial score (nSPS) is 13.1. The number of hydrogen-bond acceptors (Lipinski definition) is 1. The summed E-state index contributed by atoms with van der Waals surface area (Å²) in [7, 11) is 1.91. The van der Waals surface area contributed by atoms with Crippen molar-refractivity contribution in [2.24, 2.45) is 7.05 Å². The lowest BCUT2D eigenvalue weighted by atomic mass is 10.4. The maximum atomic E-state index is 4.06. The Labute approximate surface area is 66.2 Å². The van der Waals surface area contributed by atoms with Gasteiger partial charge in [0.1, 0.15) is 0 Å². The van der Waals surface area contributed by atoms with E-state index in [9.17, 15) is 0 Å². The summed E-state index contributed by atoms with van der Waals surface area (Å²) in [6.45, 7) is 5.83. The Hall–Kier alpha value is -1.31. The van der Waals surface area contributed by atoms with Crippen LogP contribution in [0.25, 0.3) is 12.7 Å². The molecule has 0 amide bonds. The Kier molecular flexibility index (Phi) is 2.26. The molecule has 0 saturated heterocycles. The molecule has 0 N–H and O–H groups in total. The van der Waals surface area contributed by atoms with Crippen molar-refractivity contribution in [1.82, 2.24) is 9.78 Å². The Morgan fingerprint density at radius 2 is 2.36 bits per heavy atom. The molecule has 0 radical (unpaired) electrons. The maximum absolute atomic E-state index is 4.06. The molecular weight excluding hydrogens is 136 g/mol. The quantitative estimate of drug-likeness (QED) is 0.556. The second-order valence-electron chi connectivity index (χ2n) is 2.37. The van der Waals surface area contributed by atoms with E-state index in [2.05, 4.69) is 11.7 Å². The van der Waals surface area contributed by atoms with Crippen LogP contribution in [0.1, 0.15) is 6.92 Å². The van der Waals surface area contributed by atoms with E-state index in [1.807, 2.05) is 36.9 Å². The zero-order chi connectivity index (χ0) is 8.27. The highest BCUT2D eigenvalue weighted by molar-refractivity contribution is 5.34. The van der Waals surface area contributed by atoms with E-state index in [4.69, 9.17) is 0 Å². The highest BCUT2D eigenvalue weighted by atomic mass is 15.2. The SMILES string of the molecule is C=c1cnn(C)/c1=C/C=C\C. The second kappa shape index (κ2) is 3.19. The minimum atomic E-state index is 0.964. The van der Waals surface area contributed by atoms with Crippen molar-refractivity contribution in [3.05, 3.63) is 28.9 Å². The van der Waals surface area contributed by atoms with Gasteiger partial charge in [0.2, 0.25) is 0 Å². The van der Waals surface area contributed by atoms with E-state index < -0.39 is 0 Å². The average Bonchev–Trinajstić information content (AvgIpc) is 2.29. The predicted molar refractivity (Wildman–Crippen MR) is 47.3 cm³/mol. The molecule has 2 heteroatoms. The van der Waals surface area contributed by atoms with Crippen LogP contribution in [0, 0.1) is 0 Å². The molecule has 2 nitrogen and oxygen atoms in total. The number of aromatic nitrogens is 2. The first-order chi connectivity index (χ1) is 5.25. The number of allylic oxidation sites excluding steroid dienone is 2. The summed E-state index contributed by atoms with van der Waals surface area (Å²) >= 11 is 0. The van der Waals surface area contributed by atoms with Crippen LogP contribution in [0.4, 0.5) is 0 Å². The summed E-state index contributed by atoms with van der Waals surface area (Å²) in [6, 6.07) is 0. The van der Waals surface area contributed by atoms with Crippen LogP contribution >= 0.6 is 0 Å².